The van der Waals surface area contributed by atoms with Gasteiger partial charge in [0, 0.05) is 5.33 Å². The van der Waals surface area contributed by atoms with E-state index in [0.717, 1.165) is 23.1 Å². The van der Waals surface area contributed by atoms with E-state index in [0.29, 0.717) is 0 Å². The molecule has 0 heterocycles. The molecule has 0 aliphatic heterocycles. The Morgan fingerprint density at radius 1 is 1.00 bits per heavy atom. The molecular weight excluding hydrogens is 272 g/mol. The van der Waals surface area contributed by atoms with Crippen LogP contribution in [-0.2, 0) is 0 Å². The van der Waals surface area contributed by atoms with Crippen molar-refractivity contribution in [2.45, 2.75) is 64.7 Å². The second-order valence-electron chi connectivity index (χ2n) is 6.23. The van der Waals surface area contributed by atoms with Crippen LogP contribution in [0.15, 0.2) is 11.6 Å². The molecule has 0 radical (unpaired) electrons. The minimum Gasteiger partial charge on any atom is -0.0880 e. The van der Waals surface area contributed by atoms with E-state index < -0.39 is 0 Å². The molecule has 17 heavy (non-hydrogen) atoms. The summed E-state index contributed by atoms with van der Waals surface area (Å²) in [7, 11) is 0. The van der Waals surface area contributed by atoms with Gasteiger partial charge in [0.25, 0.3) is 0 Å². The predicted octanol–water partition coefficient (Wildman–Crippen LogP) is 5.71. The SMILES string of the molecule is CC1CCC(/C=C(/CBr)C2CCCCC2)CC1. The first-order chi connectivity index (χ1) is 8.29. The van der Waals surface area contributed by atoms with Gasteiger partial charge in [-0.2, -0.15) is 0 Å². The molecule has 2 aliphatic rings. The topological polar surface area (TPSA) is 0 Å². The largest absolute Gasteiger partial charge is 0.0880 e. The van der Waals surface area contributed by atoms with Gasteiger partial charge >= 0.3 is 0 Å². The standard InChI is InChI=1S/C16H27Br/c1-13-7-9-14(10-8-13)11-16(12-17)15-5-3-2-4-6-15/h11,13-15H,2-10,12H2,1H3/b16-11-. The zero-order chi connectivity index (χ0) is 12.1. The van der Waals surface area contributed by atoms with Crippen molar-refractivity contribution in [2.24, 2.45) is 17.8 Å². The highest BCUT2D eigenvalue weighted by Gasteiger charge is 2.21. The van der Waals surface area contributed by atoms with E-state index in [1.807, 2.05) is 0 Å². The van der Waals surface area contributed by atoms with Crippen molar-refractivity contribution < 1.29 is 0 Å². The van der Waals surface area contributed by atoms with Gasteiger partial charge in [0.1, 0.15) is 0 Å². The Morgan fingerprint density at radius 3 is 2.24 bits per heavy atom. The van der Waals surface area contributed by atoms with Gasteiger partial charge in [-0.3, -0.25) is 0 Å². The number of hydrogen-bond donors (Lipinski definition) is 0. The van der Waals surface area contributed by atoms with Crippen molar-refractivity contribution in [1.29, 1.82) is 0 Å². The summed E-state index contributed by atoms with van der Waals surface area (Å²) in [5.41, 5.74) is 1.73. The number of hydrogen-bond acceptors (Lipinski definition) is 0. The van der Waals surface area contributed by atoms with Gasteiger partial charge in [0.15, 0.2) is 0 Å². The molecule has 2 rings (SSSR count). The van der Waals surface area contributed by atoms with Crippen molar-refractivity contribution >= 4 is 15.9 Å². The van der Waals surface area contributed by atoms with Crippen LogP contribution in [-0.4, -0.2) is 5.33 Å². The molecule has 0 bridgehead atoms. The van der Waals surface area contributed by atoms with E-state index in [1.54, 1.807) is 5.57 Å². The highest BCUT2D eigenvalue weighted by atomic mass is 79.9. The lowest BCUT2D eigenvalue weighted by Gasteiger charge is -2.28. The van der Waals surface area contributed by atoms with Crippen LogP contribution < -0.4 is 0 Å². The summed E-state index contributed by atoms with van der Waals surface area (Å²) in [4.78, 5) is 0. The Labute approximate surface area is 115 Å². The van der Waals surface area contributed by atoms with Gasteiger partial charge in [-0.05, 0) is 43.4 Å². The maximum atomic E-state index is 3.72. The third-order valence-electron chi connectivity index (χ3n) is 4.79. The van der Waals surface area contributed by atoms with Crippen LogP contribution in [0.5, 0.6) is 0 Å². The van der Waals surface area contributed by atoms with Gasteiger partial charge in [-0.15, -0.1) is 0 Å². The first kappa shape index (κ1) is 13.6. The van der Waals surface area contributed by atoms with E-state index >= 15 is 0 Å². The lowest BCUT2D eigenvalue weighted by Crippen LogP contribution is -2.15. The van der Waals surface area contributed by atoms with E-state index in [-0.39, 0.29) is 0 Å². The van der Waals surface area contributed by atoms with Crippen LogP contribution in [0, 0.1) is 17.8 Å². The Hall–Kier alpha value is 0.220. The molecule has 2 fully saturated rings. The molecule has 0 unspecified atom stereocenters. The quantitative estimate of drug-likeness (QED) is 0.462. The van der Waals surface area contributed by atoms with Gasteiger partial charge in [-0.25, -0.2) is 0 Å². The van der Waals surface area contributed by atoms with E-state index in [9.17, 15) is 0 Å². The Morgan fingerprint density at radius 2 is 1.65 bits per heavy atom. The van der Waals surface area contributed by atoms with Crippen molar-refractivity contribution in [1.82, 2.24) is 0 Å². The molecule has 0 saturated heterocycles. The molecule has 0 spiro atoms. The lowest BCUT2D eigenvalue weighted by molar-refractivity contribution is 0.326. The number of allylic oxidation sites excluding steroid dienone is 2. The summed E-state index contributed by atoms with van der Waals surface area (Å²) in [6.07, 6.45) is 15.7. The van der Waals surface area contributed by atoms with Crippen LogP contribution in [0.2, 0.25) is 0 Å². The zero-order valence-corrected chi connectivity index (χ0v) is 12.8. The van der Waals surface area contributed by atoms with Crippen molar-refractivity contribution in [3.8, 4) is 0 Å². The van der Waals surface area contributed by atoms with Gasteiger partial charge < -0.3 is 0 Å². The Kier molecular flexibility index (Phi) is 5.59. The fourth-order valence-corrected chi connectivity index (χ4v) is 4.16. The molecule has 0 aromatic heterocycles. The van der Waals surface area contributed by atoms with Gasteiger partial charge in [-0.1, -0.05) is 66.6 Å². The molecular formula is C16H27Br. The normalized spacial score (nSPS) is 32.7. The molecule has 2 saturated carbocycles. The molecule has 0 aromatic rings. The third kappa shape index (κ3) is 4.12. The number of rotatable bonds is 3. The molecule has 0 amide bonds. The third-order valence-corrected chi connectivity index (χ3v) is 5.44. The fourth-order valence-electron chi connectivity index (χ4n) is 3.52. The zero-order valence-electron chi connectivity index (χ0n) is 11.3. The molecule has 0 N–H and O–H groups in total. The van der Waals surface area contributed by atoms with Crippen LogP contribution in [0.4, 0.5) is 0 Å². The summed E-state index contributed by atoms with van der Waals surface area (Å²) >= 11 is 3.72. The molecule has 0 aromatic carbocycles. The highest BCUT2D eigenvalue weighted by Crippen LogP contribution is 2.35. The predicted molar refractivity (Wildman–Crippen MR) is 79.6 cm³/mol. The Bertz CT molecular complexity index is 242. The van der Waals surface area contributed by atoms with Crippen LogP contribution in [0.1, 0.15) is 64.7 Å². The monoisotopic (exact) mass is 298 g/mol. The number of alkyl halides is 1. The second kappa shape index (κ2) is 6.97. The van der Waals surface area contributed by atoms with Gasteiger partial charge in [0.05, 0.1) is 0 Å². The summed E-state index contributed by atoms with van der Waals surface area (Å²) in [5, 5.41) is 1.11. The van der Waals surface area contributed by atoms with Crippen molar-refractivity contribution in [3.05, 3.63) is 11.6 Å². The van der Waals surface area contributed by atoms with E-state index in [4.69, 9.17) is 0 Å². The minimum atomic E-state index is 0.890. The average Bonchev–Trinajstić information content (AvgIpc) is 2.39. The molecule has 0 nitrogen and oxygen atoms in total. The number of halogens is 1. The van der Waals surface area contributed by atoms with E-state index in [2.05, 4.69) is 28.9 Å². The summed E-state index contributed by atoms with van der Waals surface area (Å²) in [6, 6.07) is 0. The fraction of sp³-hybridized carbons (Fsp3) is 0.875. The second-order valence-corrected chi connectivity index (χ2v) is 6.79. The van der Waals surface area contributed by atoms with Crippen molar-refractivity contribution in [3.63, 3.8) is 0 Å². The molecule has 1 heteroatoms. The van der Waals surface area contributed by atoms with Gasteiger partial charge in [0.2, 0.25) is 0 Å². The maximum absolute atomic E-state index is 3.72. The first-order valence-electron chi connectivity index (χ1n) is 7.56. The van der Waals surface area contributed by atoms with Crippen LogP contribution in [0.25, 0.3) is 0 Å². The highest BCUT2D eigenvalue weighted by molar-refractivity contribution is 9.09. The first-order valence-corrected chi connectivity index (χ1v) is 8.68. The van der Waals surface area contributed by atoms with Crippen LogP contribution in [0.3, 0.4) is 0 Å². The summed E-state index contributed by atoms with van der Waals surface area (Å²) < 4.78 is 0. The molecule has 98 valence electrons. The molecule has 2 aliphatic carbocycles. The van der Waals surface area contributed by atoms with Crippen LogP contribution >= 0.6 is 15.9 Å². The smallest absolute Gasteiger partial charge is 0.0244 e. The maximum Gasteiger partial charge on any atom is 0.0244 e. The van der Waals surface area contributed by atoms with E-state index in [1.165, 1.54) is 57.8 Å². The lowest BCUT2D eigenvalue weighted by atomic mass is 9.79. The summed E-state index contributed by atoms with van der Waals surface area (Å²) in [6.45, 7) is 2.41. The minimum absolute atomic E-state index is 0.890. The summed E-state index contributed by atoms with van der Waals surface area (Å²) in [5.74, 6) is 2.77. The average molecular weight is 299 g/mol. The van der Waals surface area contributed by atoms with Crippen molar-refractivity contribution in [2.75, 3.05) is 5.33 Å². The molecule has 0 atom stereocenters. The Balaban J connectivity index is 1.91.